The second-order valence-electron chi connectivity index (χ2n) is 18.9. The molecule has 0 aliphatic carbocycles. The molecule has 0 radical (unpaired) electrons. The summed E-state index contributed by atoms with van der Waals surface area (Å²) in [6.45, 7) is 24.1. The highest BCUT2D eigenvalue weighted by Gasteiger charge is 2.40. The highest BCUT2D eigenvalue weighted by molar-refractivity contribution is 7.85. The van der Waals surface area contributed by atoms with Crippen molar-refractivity contribution in [3.05, 3.63) is 276 Å². The molecule has 0 N–H and O–H groups in total. The Morgan fingerprint density at radius 2 is 0.482 bits per heavy atom. The summed E-state index contributed by atoms with van der Waals surface area (Å²) in [5, 5.41) is 6.63. The van der Waals surface area contributed by atoms with Crippen LogP contribution in [0.15, 0.2) is 276 Å². The maximum absolute atomic E-state index is 16.4. The number of hydrogen-bond donors (Lipinski definition) is 0. The fourth-order valence-corrected chi connectivity index (χ4v) is 16.8. The van der Waals surface area contributed by atoms with Crippen molar-refractivity contribution >= 4 is 78.6 Å². The Balaban J connectivity index is 1.09. The highest BCUT2D eigenvalue weighted by atomic mass is 31.2. The van der Waals surface area contributed by atoms with Crippen molar-refractivity contribution in [3.8, 4) is 34.5 Å². The Hall–Kier alpha value is -8.20. The molecule has 0 heterocycles. The quantitative estimate of drug-likeness (QED) is 0.0313. The van der Waals surface area contributed by atoms with Gasteiger partial charge in [0.25, 0.3) is 0 Å². The van der Waals surface area contributed by atoms with Crippen LogP contribution >= 0.6 is 30.4 Å². The van der Waals surface area contributed by atoms with Crippen molar-refractivity contribution in [3.63, 3.8) is 0 Å². The molecule has 9 aromatic carbocycles. The second kappa shape index (κ2) is 26.8. The monoisotopic (exact) mass is 1180 g/mol. The van der Waals surface area contributed by atoms with E-state index in [4.69, 9.17) is 27.1 Å². The second-order valence-corrected chi connectivity index (χ2v) is 27.3. The molecule has 0 aliphatic heterocycles. The van der Waals surface area contributed by atoms with E-state index in [0.717, 1.165) is 32.3 Å². The zero-order valence-electron chi connectivity index (χ0n) is 45.7. The van der Waals surface area contributed by atoms with E-state index in [2.05, 4.69) is 39.5 Å². The Bertz CT molecular complexity index is 3580. The lowest BCUT2D eigenvalue weighted by Gasteiger charge is -2.29. The van der Waals surface area contributed by atoms with Crippen LogP contribution in [0.5, 0.6) is 34.5 Å². The molecule has 0 spiro atoms. The van der Waals surface area contributed by atoms with Crippen LogP contribution in [0.3, 0.4) is 0 Å². The van der Waals surface area contributed by atoms with Crippen LogP contribution in [0.25, 0.3) is 32.3 Å². The first-order valence-electron chi connectivity index (χ1n) is 26.5. The van der Waals surface area contributed by atoms with Gasteiger partial charge in [-0.2, -0.15) is 14.0 Å². The van der Waals surface area contributed by atoms with Gasteiger partial charge in [-0.25, -0.2) is 13.7 Å². The molecule has 0 aliphatic rings. The van der Waals surface area contributed by atoms with Gasteiger partial charge >= 0.3 is 23.2 Å². The van der Waals surface area contributed by atoms with Crippen molar-refractivity contribution in [1.29, 1.82) is 0 Å². The highest BCUT2D eigenvalue weighted by Crippen LogP contribution is 2.56. The fourth-order valence-electron chi connectivity index (χ4n) is 9.19. The molecule has 17 heteroatoms. The largest absolute Gasteiger partial charge is 0.516 e. The Labute approximate surface area is 485 Å². The van der Waals surface area contributed by atoms with Crippen molar-refractivity contribution < 1.29 is 45.4 Å². The molecular weight excluding hydrogens is 1120 g/mol. The molecule has 3 unspecified atom stereocenters. The third-order valence-corrected chi connectivity index (χ3v) is 22.0. The van der Waals surface area contributed by atoms with Crippen molar-refractivity contribution in [2.24, 2.45) is 0 Å². The number of rotatable bonds is 30. The van der Waals surface area contributed by atoms with Crippen LogP contribution in [0.2, 0.25) is 0 Å². The minimum Gasteiger partial charge on any atom is -0.404 e. The van der Waals surface area contributed by atoms with E-state index in [1.165, 1.54) is 14.0 Å². The molecule has 83 heavy (non-hydrogen) atoms. The molecule has 9 rings (SSSR count). The van der Waals surface area contributed by atoms with Crippen molar-refractivity contribution in [2.75, 3.05) is 39.3 Å². The molecule has 0 bridgehead atoms. The topological polar surface area (TPSA) is 133 Å². The number of hydrogen-bond acceptors (Lipinski definition) is 10. The fraction of sp³-hybridized carbons (Fsp3) is 0.0909. The predicted molar refractivity (Wildman–Crippen MR) is 340 cm³/mol. The van der Waals surface area contributed by atoms with Crippen LogP contribution < -0.4 is 43.1 Å². The van der Waals surface area contributed by atoms with Gasteiger partial charge in [-0.15, -0.1) is 39.5 Å². The number of benzene rings is 9. The Kier molecular flexibility index (Phi) is 19.2. The third kappa shape index (κ3) is 13.8. The summed E-state index contributed by atoms with van der Waals surface area (Å²) in [5.41, 5.74) is 0. The minimum atomic E-state index is -4.20. The lowest BCUT2D eigenvalue weighted by atomic mass is 10.1. The first-order chi connectivity index (χ1) is 40.2. The van der Waals surface area contributed by atoms with Gasteiger partial charge in [0.2, 0.25) is 0 Å². The maximum Gasteiger partial charge on any atom is 0.516 e. The summed E-state index contributed by atoms with van der Waals surface area (Å²) in [7, 11) is -16.5. The van der Waals surface area contributed by atoms with E-state index in [-0.39, 0.29) is 56.5 Å². The van der Waals surface area contributed by atoms with E-state index < -0.39 is 30.4 Å². The van der Waals surface area contributed by atoms with Gasteiger partial charge < -0.3 is 31.7 Å². The first kappa shape index (κ1) is 59.4. The van der Waals surface area contributed by atoms with E-state index >= 15 is 18.3 Å². The van der Waals surface area contributed by atoms with E-state index in [1.807, 2.05) is 91.0 Å². The summed E-state index contributed by atoms with van der Waals surface area (Å²) in [5.74, 6) is 1.44. The minimum absolute atomic E-state index is 0.140. The molecule has 0 aromatic heterocycles. The first-order valence-corrected chi connectivity index (χ1v) is 32.7. The maximum atomic E-state index is 16.4. The SMILES string of the molecule is C=CCN(CC=C)P(=O)(Oc1ccc(P(=O)(c2ccc(OP(=O)(Oc3ccc4ccccc4c3)N(CC=C)CC=C)cc2)c2ccc(OP(=O)(Oc3ccc4ccccc4c3)N(CC=C)CC=C)cc2)cc1)Oc1ccc2ccccc2c1. The van der Waals surface area contributed by atoms with E-state index in [9.17, 15) is 0 Å². The summed E-state index contributed by atoms with van der Waals surface area (Å²) in [6, 6.07) is 58.7. The average Bonchev–Trinajstić information content (AvgIpc) is 3.63. The molecule has 422 valence electrons. The van der Waals surface area contributed by atoms with Gasteiger partial charge in [0.05, 0.1) is 0 Å². The summed E-state index contributed by atoms with van der Waals surface area (Å²) >= 11 is 0. The lowest BCUT2D eigenvalue weighted by Crippen LogP contribution is -2.27. The molecule has 0 amide bonds. The summed E-state index contributed by atoms with van der Waals surface area (Å²) in [6.07, 6.45) is 9.58. The van der Waals surface area contributed by atoms with Crippen LogP contribution in [0.4, 0.5) is 0 Å². The van der Waals surface area contributed by atoms with Gasteiger partial charge in [0.15, 0.2) is 7.14 Å². The molecule has 0 saturated heterocycles. The predicted octanol–water partition coefficient (Wildman–Crippen LogP) is 16.5. The zero-order chi connectivity index (χ0) is 58.5. The van der Waals surface area contributed by atoms with Crippen LogP contribution in [-0.2, 0) is 18.3 Å². The summed E-state index contributed by atoms with van der Waals surface area (Å²) < 4.78 is 104. The van der Waals surface area contributed by atoms with Gasteiger partial charge in [0, 0.05) is 55.2 Å². The standard InChI is InChI=1S/C66H63N3O10P4/c1-7-43-67(44-8-2)81(71,77-61-28-25-52-19-13-16-22-55(52)49-61)74-58-31-37-64(38-32-58)80(70,65-39-33-59(34-40-65)75-82(72,68(45-9-3)46-10-4)78-62-29-26-53-20-14-17-23-56(53)50-62)66-41-35-60(36-42-66)76-83(73,69(47-11-5)48-12-6)79-63-30-27-54-21-15-18-24-57(54)51-63/h7-42,49-51H,1-6,43-48H2. The molecular formula is C66H63N3O10P4. The van der Waals surface area contributed by atoms with Gasteiger partial charge in [-0.05, 0) is 142 Å². The Morgan fingerprint density at radius 1 is 0.277 bits per heavy atom. The molecule has 13 nitrogen and oxygen atoms in total. The van der Waals surface area contributed by atoms with E-state index in [1.54, 1.807) is 146 Å². The van der Waals surface area contributed by atoms with Crippen LogP contribution in [0.1, 0.15) is 0 Å². The third-order valence-electron chi connectivity index (χ3n) is 13.2. The van der Waals surface area contributed by atoms with Gasteiger partial charge in [0.1, 0.15) is 34.5 Å². The molecule has 3 atom stereocenters. The van der Waals surface area contributed by atoms with Crippen LogP contribution in [-0.4, -0.2) is 53.3 Å². The van der Waals surface area contributed by atoms with Gasteiger partial charge in [-0.1, -0.05) is 127 Å². The number of nitrogens with zero attached hydrogens (tertiary/aromatic N) is 3. The normalized spacial score (nSPS) is 14.3. The average molecular weight is 1180 g/mol. The number of fused-ring (bicyclic) bond motifs is 3. The zero-order valence-corrected chi connectivity index (χ0v) is 49.3. The van der Waals surface area contributed by atoms with Crippen molar-refractivity contribution in [2.45, 2.75) is 0 Å². The Morgan fingerprint density at radius 3 is 0.711 bits per heavy atom. The van der Waals surface area contributed by atoms with Crippen molar-refractivity contribution in [1.82, 2.24) is 14.0 Å². The smallest absolute Gasteiger partial charge is 0.404 e. The molecule has 9 aromatic rings. The van der Waals surface area contributed by atoms with E-state index in [0.29, 0.717) is 33.2 Å². The lowest BCUT2D eigenvalue weighted by molar-refractivity contribution is 0.305. The van der Waals surface area contributed by atoms with Gasteiger partial charge in [-0.3, -0.25) is 0 Å². The summed E-state index contributed by atoms with van der Waals surface area (Å²) in [4.78, 5) is 0. The molecule has 0 saturated carbocycles. The van der Waals surface area contributed by atoms with Crippen LogP contribution in [0, 0.1) is 0 Å². The molecule has 0 fully saturated rings.